The summed E-state index contributed by atoms with van der Waals surface area (Å²) in [7, 11) is 1.50. The molecule has 0 saturated heterocycles. The van der Waals surface area contributed by atoms with Gasteiger partial charge in [0.1, 0.15) is 16.9 Å². The van der Waals surface area contributed by atoms with Crippen LogP contribution in [0.5, 0.6) is 11.5 Å². The zero-order valence-corrected chi connectivity index (χ0v) is 10.2. The molecule has 0 bridgehead atoms. The zero-order chi connectivity index (χ0) is 12.8. The van der Waals surface area contributed by atoms with Crippen LogP contribution in [0.2, 0.25) is 0 Å². The van der Waals surface area contributed by atoms with E-state index in [1.165, 1.54) is 13.2 Å². The summed E-state index contributed by atoms with van der Waals surface area (Å²) in [6.45, 7) is 3.79. The molecule has 1 aliphatic carbocycles. The number of rotatable bonds is 3. The first-order chi connectivity index (χ1) is 7.85. The van der Waals surface area contributed by atoms with Gasteiger partial charge in [0, 0.05) is 11.6 Å². The van der Waals surface area contributed by atoms with Gasteiger partial charge in [0.2, 0.25) is 0 Å². The van der Waals surface area contributed by atoms with Crippen LogP contribution >= 0.6 is 0 Å². The highest BCUT2D eigenvalue weighted by molar-refractivity contribution is 5.88. The summed E-state index contributed by atoms with van der Waals surface area (Å²) < 4.78 is 4.99. The van der Waals surface area contributed by atoms with Crippen LogP contribution < -0.4 is 4.74 Å². The number of carbonyl (C=O) groups is 1. The minimum Gasteiger partial charge on any atom is -0.507 e. The fourth-order valence-electron chi connectivity index (χ4n) is 2.56. The predicted molar refractivity (Wildman–Crippen MR) is 62.4 cm³/mol. The SMILES string of the molecule is COc1ccc(C2(C(=O)O)CC2(C)C)c(O)c1. The molecule has 92 valence electrons. The van der Waals surface area contributed by atoms with Crippen molar-refractivity contribution in [3.63, 3.8) is 0 Å². The first-order valence-electron chi connectivity index (χ1n) is 5.46. The molecule has 2 N–H and O–H groups in total. The molecular formula is C13H16O4. The van der Waals surface area contributed by atoms with Gasteiger partial charge in [0.25, 0.3) is 0 Å². The van der Waals surface area contributed by atoms with Crippen LogP contribution in [0.25, 0.3) is 0 Å². The van der Waals surface area contributed by atoms with Gasteiger partial charge in [0.05, 0.1) is 7.11 Å². The van der Waals surface area contributed by atoms with Gasteiger partial charge in [0.15, 0.2) is 0 Å². The maximum Gasteiger partial charge on any atom is 0.314 e. The minimum atomic E-state index is -0.969. The third kappa shape index (κ3) is 1.47. The van der Waals surface area contributed by atoms with Gasteiger partial charge in [-0.2, -0.15) is 0 Å². The fraction of sp³-hybridized carbons (Fsp3) is 0.462. The third-order valence-corrected chi connectivity index (χ3v) is 3.77. The molecule has 4 nitrogen and oxygen atoms in total. The maximum atomic E-state index is 11.5. The van der Waals surface area contributed by atoms with Crippen molar-refractivity contribution in [3.05, 3.63) is 23.8 Å². The van der Waals surface area contributed by atoms with Gasteiger partial charge < -0.3 is 14.9 Å². The van der Waals surface area contributed by atoms with Crippen molar-refractivity contribution in [2.24, 2.45) is 5.41 Å². The standard InChI is InChI=1S/C13H16O4/c1-12(2)7-13(12,11(15)16)9-5-4-8(17-3)6-10(9)14/h4-6,14H,7H2,1-3H3,(H,15,16). The Bertz CT molecular complexity index is 478. The molecule has 0 radical (unpaired) electrons. The molecule has 1 aliphatic rings. The predicted octanol–water partition coefficient (Wildman–Crippen LogP) is 2.15. The Morgan fingerprint density at radius 2 is 2.00 bits per heavy atom. The number of phenols is 1. The molecule has 1 fully saturated rings. The van der Waals surface area contributed by atoms with Crippen LogP contribution in [0.1, 0.15) is 25.8 Å². The number of hydrogen-bond acceptors (Lipinski definition) is 3. The molecule has 1 aromatic carbocycles. The first kappa shape index (κ1) is 11.8. The third-order valence-electron chi connectivity index (χ3n) is 3.77. The molecule has 0 aliphatic heterocycles. The molecule has 1 atom stereocenters. The van der Waals surface area contributed by atoms with E-state index in [4.69, 9.17) is 4.74 Å². The number of aromatic hydroxyl groups is 1. The van der Waals surface area contributed by atoms with Crippen LogP contribution in [0.4, 0.5) is 0 Å². The van der Waals surface area contributed by atoms with Gasteiger partial charge in [-0.3, -0.25) is 4.79 Å². The number of benzene rings is 1. The molecule has 1 aromatic rings. The Balaban J connectivity index is 2.51. The molecule has 0 spiro atoms. The summed E-state index contributed by atoms with van der Waals surface area (Å²) in [6, 6.07) is 4.76. The summed E-state index contributed by atoms with van der Waals surface area (Å²) in [5, 5.41) is 19.3. The molecule has 0 amide bonds. The Morgan fingerprint density at radius 3 is 2.35 bits per heavy atom. The topological polar surface area (TPSA) is 66.8 Å². The highest BCUT2D eigenvalue weighted by Crippen LogP contribution is 2.66. The largest absolute Gasteiger partial charge is 0.507 e. The zero-order valence-electron chi connectivity index (χ0n) is 10.2. The Labute approximate surface area is 99.8 Å². The van der Waals surface area contributed by atoms with E-state index in [2.05, 4.69) is 0 Å². The van der Waals surface area contributed by atoms with E-state index in [0.29, 0.717) is 17.7 Å². The highest BCUT2D eigenvalue weighted by atomic mass is 16.5. The van der Waals surface area contributed by atoms with Crippen molar-refractivity contribution in [3.8, 4) is 11.5 Å². The molecule has 0 heterocycles. The molecule has 17 heavy (non-hydrogen) atoms. The number of ether oxygens (including phenoxy) is 1. The number of aliphatic carboxylic acids is 1. The summed E-state index contributed by atoms with van der Waals surface area (Å²) in [5.41, 5.74) is -0.829. The van der Waals surface area contributed by atoms with Crippen molar-refractivity contribution in [1.29, 1.82) is 0 Å². The number of phenolic OH excluding ortho intramolecular Hbond substituents is 1. The van der Waals surface area contributed by atoms with Crippen molar-refractivity contribution >= 4 is 5.97 Å². The molecule has 1 unspecified atom stereocenters. The smallest absolute Gasteiger partial charge is 0.314 e. The lowest BCUT2D eigenvalue weighted by molar-refractivity contribution is -0.141. The molecular weight excluding hydrogens is 220 g/mol. The quantitative estimate of drug-likeness (QED) is 0.843. The van der Waals surface area contributed by atoms with E-state index in [-0.39, 0.29) is 11.2 Å². The van der Waals surface area contributed by atoms with Gasteiger partial charge in [-0.15, -0.1) is 0 Å². The van der Waals surface area contributed by atoms with Crippen molar-refractivity contribution in [1.82, 2.24) is 0 Å². The summed E-state index contributed by atoms with van der Waals surface area (Å²) >= 11 is 0. The lowest BCUT2D eigenvalue weighted by atomic mass is 9.87. The average molecular weight is 236 g/mol. The van der Waals surface area contributed by atoms with Crippen LogP contribution in [-0.2, 0) is 10.2 Å². The van der Waals surface area contributed by atoms with Crippen LogP contribution in [0, 0.1) is 5.41 Å². The Kier molecular flexibility index (Phi) is 2.35. The lowest BCUT2D eigenvalue weighted by Gasteiger charge is -2.18. The summed E-state index contributed by atoms with van der Waals surface area (Å²) in [6.07, 6.45) is 0.537. The highest BCUT2D eigenvalue weighted by Gasteiger charge is 2.68. The first-order valence-corrected chi connectivity index (χ1v) is 5.46. The second-order valence-electron chi connectivity index (χ2n) is 5.15. The maximum absolute atomic E-state index is 11.5. The van der Waals surface area contributed by atoms with Crippen molar-refractivity contribution < 1.29 is 19.7 Å². The number of carboxylic acid groups (broad SMARTS) is 1. The molecule has 1 saturated carbocycles. The van der Waals surface area contributed by atoms with E-state index in [1.54, 1.807) is 12.1 Å². The van der Waals surface area contributed by atoms with E-state index < -0.39 is 11.4 Å². The fourth-order valence-corrected chi connectivity index (χ4v) is 2.56. The van der Waals surface area contributed by atoms with E-state index >= 15 is 0 Å². The van der Waals surface area contributed by atoms with Gasteiger partial charge in [-0.1, -0.05) is 19.9 Å². The Morgan fingerprint density at radius 1 is 1.41 bits per heavy atom. The normalized spacial score (nSPS) is 25.4. The van der Waals surface area contributed by atoms with Crippen LogP contribution in [-0.4, -0.2) is 23.3 Å². The lowest BCUT2D eigenvalue weighted by Crippen LogP contribution is -2.25. The van der Waals surface area contributed by atoms with E-state index in [1.807, 2.05) is 13.8 Å². The van der Waals surface area contributed by atoms with Crippen LogP contribution in [0.15, 0.2) is 18.2 Å². The molecule has 0 aromatic heterocycles. The second kappa shape index (κ2) is 3.39. The molecule has 2 rings (SSSR count). The monoisotopic (exact) mass is 236 g/mol. The van der Waals surface area contributed by atoms with E-state index in [0.717, 1.165) is 0 Å². The van der Waals surface area contributed by atoms with Gasteiger partial charge in [-0.05, 0) is 17.9 Å². The van der Waals surface area contributed by atoms with Crippen LogP contribution in [0.3, 0.4) is 0 Å². The second-order valence-corrected chi connectivity index (χ2v) is 5.15. The van der Waals surface area contributed by atoms with E-state index in [9.17, 15) is 15.0 Å². The number of methoxy groups -OCH3 is 1. The summed E-state index contributed by atoms with van der Waals surface area (Å²) in [4.78, 5) is 11.5. The molecule has 4 heteroatoms. The number of carboxylic acids is 1. The minimum absolute atomic E-state index is 0.0164. The van der Waals surface area contributed by atoms with Crippen molar-refractivity contribution in [2.75, 3.05) is 7.11 Å². The van der Waals surface area contributed by atoms with Gasteiger partial charge in [-0.25, -0.2) is 0 Å². The average Bonchev–Trinajstić information content (AvgIpc) is 2.82. The Hall–Kier alpha value is -1.71. The van der Waals surface area contributed by atoms with Gasteiger partial charge >= 0.3 is 5.97 Å². The number of hydrogen-bond donors (Lipinski definition) is 2. The van der Waals surface area contributed by atoms with Crippen molar-refractivity contribution in [2.45, 2.75) is 25.7 Å². The summed E-state index contributed by atoms with van der Waals surface area (Å²) in [5.74, 6) is -0.384.